The first kappa shape index (κ1) is 14.0. The van der Waals surface area contributed by atoms with E-state index in [2.05, 4.69) is 9.97 Å². The first-order chi connectivity index (χ1) is 9.42. The van der Waals surface area contributed by atoms with Crippen LogP contribution in [0.3, 0.4) is 0 Å². The summed E-state index contributed by atoms with van der Waals surface area (Å²) < 4.78 is 26.3. The third-order valence-corrected chi connectivity index (χ3v) is 2.97. The lowest BCUT2D eigenvalue weighted by Crippen LogP contribution is -2.05. The number of hydrogen-bond donors (Lipinski definition) is 3. The van der Waals surface area contributed by atoms with Gasteiger partial charge in [0.1, 0.15) is 5.82 Å². The SMILES string of the molecule is CC(C)/C(N)=C/C(=C\N)c1nc2cc(F)c(F)cc2[nH]1. The number of fused-ring (bicyclic) bond motifs is 1. The van der Waals surface area contributed by atoms with Gasteiger partial charge in [0, 0.05) is 29.6 Å². The van der Waals surface area contributed by atoms with Gasteiger partial charge in [-0.05, 0) is 12.0 Å². The first-order valence-electron chi connectivity index (χ1n) is 6.16. The van der Waals surface area contributed by atoms with Crippen LogP contribution in [0, 0.1) is 17.6 Å². The topological polar surface area (TPSA) is 80.7 Å². The quantitative estimate of drug-likeness (QED) is 0.755. The van der Waals surface area contributed by atoms with Crippen LogP contribution in [-0.4, -0.2) is 9.97 Å². The largest absolute Gasteiger partial charge is 0.404 e. The third-order valence-electron chi connectivity index (χ3n) is 2.97. The van der Waals surface area contributed by atoms with Crippen molar-refractivity contribution in [2.45, 2.75) is 13.8 Å². The van der Waals surface area contributed by atoms with Gasteiger partial charge in [-0.1, -0.05) is 13.8 Å². The second-order valence-electron chi connectivity index (χ2n) is 4.79. The Morgan fingerprint density at radius 2 is 1.95 bits per heavy atom. The number of imidazole rings is 1. The van der Waals surface area contributed by atoms with Gasteiger partial charge in [0.2, 0.25) is 0 Å². The van der Waals surface area contributed by atoms with Crippen molar-refractivity contribution in [2.24, 2.45) is 17.4 Å². The lowest BCUT2D eigenvalue weighted by molar-refractivity contribution is 0.510. The molecular weight excluding hydrogens is 262 g/mol. The lowest BCUT2D eigenvalue weighted by Gasteiger charge is -2.05. The van der Waals surface area contributed by atoms with Gasteiger partial charge in [-0.2, -0.15) is 0 Å². The normalized spacial score (nSPS) is 13.4. The van der Waals surface area contributed by atoms with Gasteiger partial charge in [-0.15, -0.1) is 0 Å². The Bertz CT molecular complexity index is 660. The van der Waals surface area contributed by atoms with Crippen molar-refractivity contribution in [1.29, 1.82) is 0 Å². The molecule has 0 amide bonds. The van der Waals surface area contributed by atoms with Gasteiger partial charge in [0.05, 0.1) is 11.0 Å². The van der Waals surface area contributed by atoms with E-state index in [9.17, 15) is 8.78 Å². The number of benzene rings is 1. The molecule has 1 aromatic heterocycles. The Balaban J connectivity index is 2.49. The van der Waals surface area contributed by atoms with E-state index < -0.39 is 11.6 Å². The molecule has 0 atom stereocenters. The highest BCUT2D eigenvalue weighted by Gasteiger charge is 2.11. The van der Waals surface area contributed by atoms with Crippen molar-refractivity contribution in [2.75, 3.05) is 0 Å². The van der Waals surface area contributed by atoms with Crippen LogP contribution in [0.2, 0.25) is 0 Å². The smallest absolute Gasteiger partial charge is 0.161 e. The zero-order chi connectivity index (χ0) is 14.9. The summed E-state index contributed by atoms with van der Waals surface area (Å²) >= 11 is 0. The Hall–Kier alpha value is -2.37. The van der Waals surface area contributed by atoms with E-state index >= 15 is 0 Å². The number of nitrogens with zero attached hydrogens (tertiary/aromatic N) is 1. The fourth-order valence-corrected chi connectivity index (χ4v) is 1.68. The van der Waals surface area contributed by atoms with Gasteiger partial charge < -0.3 is 16.5 Å². The molecule has 1 aromatic carbocycles. The molecule has 2 aromatic rings. The molecule has 0 unspecified atom stereocenters. The number of aromatic amines is 1. The summed E-state index contributed by atoms with van der Waals surface area (Å²) in [4.78, 5) is 7.08. The van der Waals surface area contributed by atoms with E-state index in [0.29, 0.717) is 28.1 Å². The maximum atomic E-state index is 13.2. The maximum absolute atomic E-state index is 13.2. The monoisotopic (exact) mass is 278 g/mol. The predicted molar refractivity (Wildman–Crippen MR) is 75.3 cm³/mol. The molecule has 0 saturated carbocycles. The van der Waals surface area contributed by atoms with Crippen molar-refractivity contribution in [1.82, 2.24) is 9.97 Å². The van der Waals surface area contributed by atoms with Crippen LogP contribution >= 0.6 is 0 Å². The fraction of sp³-hybridized carbons (Fsp3) is 0.214. The predicted octanol–water partition coefficient (Wildman–Crippen LogP) is 2.64. The molecule has 0 aliphatic carbocycles. The lowest BCUT2D eigenvalue weighted by atomic mass is 10.1. The summed E-state index contributed by atoms with van der Waals surface area (Å²) in [5.74, 6) is -1.30. The molecule has 0 saturated heterocycles. The Labute approximate surface area is 115 Å². The summed E-state index contributed by atoms with van der Waals surface area (Å²) in [6.07, 6.45) is 3.04. The van der Waals surface area contributed by atoms with Crippen LogP contribution < -0.4 is 11.5 Å². The fourth-order valence-electron chi connectivity index (χ4n) is 1.68. The summed E-state index contributed by atoms with van der Waals surface area (Å²) in [5.41, 5.74) is 13.4. The van der Waals surface area contributed by atoms with E-state index in [0.717, 1.165) is 12.1 Å². The van der Waals surface area contributed by atoms with Crippen LogP contribution in [-0.2, 0) is 0 Å². The summed E-state index contributed by atoms with van der Waals surface area (Å²) in [6.45, 7) is 3.90. The summed E-state index contributed by atoms with van der Waals surface area (Å²) in [5, 5.41) is 0. The highest BCUT2D eigenvalue weighted by Crippen LogP contribution is 2.21. The van der Waals surface area contributed by atoms with E-state index in [1.54, 1.807) is 6.08 Å². The van der Waals surface area contributed by atoms with E-state index in [-0.39, 0.29) is 5.92 Å². The molecule has 0 aliphatic heterocycles. The second kappa shape index (κ2) is 5.32. The van der Waals surface area contributed by atoms with E-state index in [1.807, 2.05) is 13.8 Å². The molecule has 0 spiro atoms. The molecule has 0 fully saturated rings. The highest BCUT2D eigenvalue weighted by atomic mass is 19.2. The van der Waals surface area contributed by atoms with Crippen molar-refractivity contribution < 1.29 is 8.78 Å². The average molecular weight is 278 g/mol. The Morgan fingerprint density at radius 1 is 1.30 bits per heavy atom. The average Bonchev–Trinajstić information content (AvgIpc) is 2.78. The molecule has 0 aliphatic rings. The number of nitrogens with one attached hydrogen (secondary N) is 1. The van der Waals surface area contributed by atoms with Gasteiger partial charge in [0.15, 0.2) is 11.6 Å². The molecule has 0 bridgehead atoms. The molecule has 0 radical (unpaired) electrons. The third kappa shape index (κ3) is 2.64. The van der Waals surface area contributed by atoms with E-state index in [1.165, 1.54) is 6.20 Å². The summed E-state index contributed by atoms with van der Waals surface area (Å²) in [6, 6.07) is 2.10. The molecule has 106 valence electrons. The van der Waals surface area contributed by atoms with Gasteiger partial charge in [-0.3, -0.25) is 0 Å². The Morgan fingerprint density at radius 3 is 2.55 bits per heavy atom. The highest BCUT2D eigenvalue weighted by molar-refractivity contribution is 5.81. The van der Waals surface area contributed by atoms with Crippen LogP contribution in [0.15, 0.2) is 30.1 Å². The van der Waals surface area contributed by atoms with E-state index in [4.69, 9.17) is 11.5 Å². The molecule has 1 heterocycles. The number of aromatic nitrogens is 2. The van der Waals surface area contributed by atoms with Crippen LogP contribution in [0.5, 0.6) is 0 Å². The van der Waals surface area contributed by atoms with Crippen molar-refractivity contribution in [3.05, 3.63) is 47.6 Å². The molecule has 2 rings (SSSR count). The number of nitrogens with two attached hydrogens (primary N) is 2. The van der Waals surface area contributed by atoms with Crippen molar-refractivity contribution >= 4 is 16.6 Å². The molecule has 20 heavy (non-hydrogen) atoms. The summed E-state index contributed by atoms with van der Waals surface area (Å²) in [7, 11) is 0. The van der Waals surface area contributed by atoms with Gasteiger partial charge >= 0.3 is 0 Å². The first-order valence-corrected chi connectivity index (χ1v) is 6.16. The maximum Gasteiger partial charge on any atom is 0.161 e. The number of H-pyrrole nitrogens is 1. The van der Waals surface area contributed by atoms with Crippen LogP contribution in [0.4, 0.5) is 8.78 Å². The van der Waals surface area contributed by atoms with Crippen LogP contribution in [0.25, 0.3) is 16.6 Å². The number of halogens is 2. The van der Waals surface area contributed by atoms with Crippen molar-refractivity contribution in [3.63, 3.8) is 0 Å². The van der Waals surface area contributed by atoms with Crippen molar-refractivity contribution in [3.8, 4) is 0 Å². The van der Waals surface area contributed by atoms with Gasteiger partial charge in [-0.25, -0.2) is 13.8 Å². The number of rotatable bonds is 3. The molecular formula is C14H16F2N4. The Kier molecular flexibility index (Phi) is 3.74. The van der Waals surface area contributed by atoms with Gasteiger partial charge in [0.25, 0.3) is 0 Å². The minimum absolute atomic E-state index is 0.157. The zero-order valence-electron chi connectivity index (χ0n) is 11.2. The number of allylic oxidation sites excluding steroid dienone is 3. The molecule has 4 nitrogen and oxygen atoms in total. The molecule has 5 N–H and O–H groups in total. The minimum atomic E-state index is -0.939. The van der Waals surface area contributed by atoms with Crippen LogP contribution in [0.1, 0.15) is 19.7 Å². The second-order valence-corrected chi connectivity index (χ2v) is 4.79. The standard InChI is InChI=1S/C14H16F2N4/c1-7(2)11(18)3-8(6-17)14-19-12-4-9(15)10(16)5-13(12)20-14/h3-7H,17-18H2,1-2H3,(H,19,20)/b8-6+,11-3-. The molecule has 6 heteroatoms. The minimum Gasteiger partial charge on any atom is -0.404 e. The number of hydrogen-bond acceptors (Lipinski definition) is 3. The zero-order valence-corrected chi connectivity index (χ0v) is 11.2.